The molecule has 0 aliphatic carbocycles. The van der Waals surface area contributed by atoms with Crippen LogP contribution >= 0.6 is 0 Å². The van der Waals surface area contributed by atoms with Gasteiger partial charge in [0.15, 0.2) is 17.6 Å². The van der Waals surface area contributed by atoms with E-state index in [0.717, 1.165) is 6.92 Å². The van der Waals surface area contributed by atoms with E-state index in [0.29, 0.717) is 11.3 Å². The van der Waals surface area contributed by atoms with E-state index in [1.54, 1.807) is 24.3 Å². The zero-order valence-electron chi connectivity index (χ0n) is 19.5. The fourth-order valence-electron chi connectivity index (χ4n) is 3.51. The molecule has 3 aromatic rings. The van der Waals surface area contributed by atoms with E-state index >= 15 is 0 Å². The monoisotopic (exact) mass is 520 g/mol. The molecule has 6 nitrogen and oxygen atoms in total. The van der Waals surface area contributed by atoms with Crippen LogP contribution in [0.15, 0.2) is 42.2 Å². The zero-order valence-corrected chi connectivity index (χ0v) is 19.5. The summed E-state index contributed by atoms with van der Waals surface area (Å²) in [4.78, 5) is 25.3. The highest BCUT2D eigenvalue weighted by atomic mass is 19.2. The number of para-hydroxylation sites is 1. The van der Waals surface area contributed by atoms with Gasteiger partial charge in [0.2, 0.25) is 34.9 Å². The molecule has 37 heavy (non-hydrogen) atoms. The first-order valence-electron chi connectivity index (χ1n) is 10.7. The van der Waals surface area contributed by atoms with Gasteiger partial charge in [0, 0.05) is 11.1 Å². The number of Topliss-reactive ketones (excluding diaryl/α,β-unsaturated/α-hetero) is 1. The number of benzene rings is 3. The van der Waals surface area contributed by atoms with Gasteiger partial charge in [-0.05, 0) is 38.1 Å². The van der Waals surface area contributed by atoms with Crippen molar-refractivity contribution < 1.29 is 50.5 Å². The highest BCUT2D eigenvalue weighted by Gasteiger charge is 2.33. The lowest BCUT2D eigenvalue weighted by atomic mass is 10.1. The van der Waals surface area contributed by atoms with Gasteiger partial charge in [-0.3, -0.25) is 4.79 Å². The molecule has 0 N–H and O–H groups in total. The van der Waals surface area contributed by atoms with Gasteiger partial charge in [0.05, 0.1) is 12.7 Å². The van der Waals surface area contributed by atoms with Gasteiger partial charge in [0.1, 0.15) is 17.2 Å². The van der Waals surface area contributed by atoms with Crippen molar-refractivity contribution in [3.8, 4) is 23.0 Å². The average molecular weight is 520 g/mol. The predicted molar refractivity (Wildman–Crippen MR) is 119 cm³/mol. The Morgan fingerprint density at radius 3 is 2.19 bits per heavy atom. The number of rotatable bonds is 6. The molecule has 0 amide bonds. The number of hydrogen-bond acceptors (Lipinski definition) is 6. The molecular formula is C26H17F5O6. The molecule has 192 valence electrons. The third kappa shape index (κ3) is 4.59. The normalized spacial score (nSPS) is 14.3. The van der Waals surface area contributed by atoms with Crippen LogP contribution in [0.1, 0.15) is 28.4 Å². The number of carbonyl (C=O) groups is 2. The molecule has 1 aliphatic heterocycles. The van der Waals surface area contributed by atoms with E-state index in [1.807, 2.05) is 0 Å². The van der Waals surface area contributed by atoms with Crippen molar-refractivity contribution in [2.45, 2.75) is 20.0 Å². The highest BCUT2D eigenvalue weighted by Crippen LogP contribution is 2.40. The Bertz CT molecular complexity index is 1440. The first kappa shape index (κ1) is 25.7. The maximum Gasteiger partial charge on any atom is 0.352 e. The smallest absolute Gasteiger partial charge is 0.352 e. The van der Waals surface area contributed by atoms with Crippen LogP contribution in [0.4, 0.5) is 22.0 Å². The number of methoxy groups -OCH3 is 1. The SMILES string of the molecule is COc1ccccc1/C=C1\Oc2c(ccc(OC(=O)C(C)Oc3c(F)c(F)c(F)c(F)c3F)c2C)C1=O. The quantitative estimate of drug-likeness (QED) is 0.104. The third-order valence-electron chi connectivity index (χ3n) is 5.47. The molecule has 0 spiro atoms. The second-order valence-corrected chi connectivity index (χ2v) is 7.83. The van der Waals surface area contributed by atoms with Gasteiger partial charge >= 0.3 is 5.97 Å². The van der Waals surface area contributed by atoms with Gasteiger partial charge in [-0.25, -0.2) is 18.0 Å². The van der Waals surface area contributed by atoms with Crippen molar-refractivity contribution >= 4 is 17.8 Å². The standard InChI is InChI=1S/C26H17F5O6/c1-11-15(37-26(33)12(2)35-25-21(30)19(28)18(27)20(29)22(25)31)9-8-14-23(32)17(36-24(11)14)10-13-6-4-5-7-16(13)34-3/h4-10,12H,1-3H3/b17-10-. The first-order valence-corrected chi connectivity index (χ1v) is 10.7. The van der Waals surface area contributed by atoms with Crippen molar-refractivity contribution in [2.75, 3.05) is 7.11 Å². The molecule has 0 aromatic heterocycles. The number of carbonyl (C=O) groups excluding carboxylic acids is 2. The summed E-state index contributed by atoms with van der Waals surface area (Å²) in [5, 5.41) is 0. The van der Waals surface area contributed by atoms with E-state index in [-0.39, 0.29) is 28.4 Å². The van der Waals surface area contributed by atoms with Crippen LogP contribution in [0.25, 0.3) is 6.08 Å². The summed E-state index contributed by atoms with van der Waals surface area (Å²) >= 11 is 0. The van der Waals surface area contributed by atoms with E-state index in [4.69, 9.17) is 18.9 Å². The Balaban J connectivity index is 1.55. The van der Waals surface area contributed by atoms with Gasteiger partial charge < -0.3 is 18.9 Å². The topological polar surface area (TPSA) is 71.1 Å². The van der Waals surface area contributed by atoms with E-state index in [9.17, 15) is 31.5 Å². The molecule has 0 fully saturated rings. The summed E-state index contributed by atoms with van der Waals surface area (Å²) in [6.07, 6.45) is -0.281. The first-order chi connectivity index (χ1) is 17.5. The molecular weight excluding hydrogens is 503 g/mol. The summed E-state index contributed by atoms with van der Waals surface area (Å²) in [7, 11) is 1.48. The van der Waals surface area contributed by atoms with Crippen molar-refractivity contribution in [1.82, 2.24) is 0 Å². The Hall–Kier alpha value is -4.41. The lowest BCUT2D eigenvalue weighted by Crippen LogP contribution is -2.29. The third-order valence-corrected chi connectivity index (χ3v) is 5.47. The number of ether oxygens (including phenoxy) is 4. The molecule has 0 radical (unpaired) electrons. The molecule has 0 saturated heterocycles. The van der Waals surface area contributed by atoms with Crippen LogP contribution in [0, 0.1) is 36.0 Å². The van der Waals surface area contributed by atoms with Crippen LogP contribution in [-0.4, -0.2) is 25.0 Å². The number of esters is 1. The van der Waals surface area contributed by atoms with Gasteiger partial charge in [-0.2, -0.15) is 8.78 Å². The number of fused-ring (bicyclic) bond motifs is 1. The second-order valence-electron chi connectivity index (χ2n) is 7.83. The molecule has 11 heteroatoms. The fourth-order valence-corrected chi connectivity index (χ4v) is 3.51. The van der Waals surface area contributed by atoms with Crippen molar-refractivity contribution in [2.24, 2.45) is 0 Å². The Kier molecular flexibility index (Phi) is 6.88. The molecule has 0 bridgehead atoms. The molecule has 4 rings (SSSR count). The molecule has 1 heterocycles. The minimum Gasteiger partial charge on any atom is -0.496 e. The number of allylic oxidation sites excluding steroid dienone is 1. The predicted octanol–water partition coefficient (Wildman–Crippen LogP) is 5.69. The minimum atomic E-state index is -2.36. The summed E-state index contributed by atoms with van der Waals surface area (Å²) in [5.41, 5.74) is 1.03. The molecule has 3 aromatic carbocycles. The number of ketones is 1. The van der Waals surface area contributed by atoms with Gasteiger partial charge in [-0.15, -0.1) is 0 Å². The van der Waals surface area contributed by atoms with Crippen LogP contribution < -0.4 is 18.9 Å². The van der Waals surface area contributed by atoms with E-state index in [2.05, 4.69) is 0 Å². The van der Waals surface area contributed by atoms with Crippen molar-refractivity contribution in [1.29, 1.82) is 0 Å². The van der Waals surface area contributed by atoms with Gasteiger partial charge in [-0.1, -0.05) is 18.2 Å². The maximum absolute atomic E-state index is 13.9. The molecule has 1 aliphatic rings. The Morgan fingerprint density at radius 1 is 0.919 bits per heavy atom. The number of halogens is 5. The zero-order chi connectivity index (χ0) is 27.0. The van der Waals surface area contributed by atoms with Crippen LogP contribution in [-0.2, 0) is 4.79 Å². The summed E-state index contributed by atoms with van der Waals surface area (Å²) < 4.78 is 88.7. The Labute approximate surface area is 206 Å². The second kappa shape index (κ2) is 9.92. The van der Waals surface area contributed by atoms with Crippen LogP contribution in [0.3, 0.4) is 0 Å². The largest absolute Gasteiger partial charge is 0.496 e. The highest BCUT2D eigenvalue weighted by molar-refractivity contribution is 6.15. The number of hydrogen-bond donors (Lipinski definition) is 0. The summed E-state index contributed by atoms with van der Waals surface area (Å²) in [6.45, 7) is 2.49. The fraction of sp³-hybridized carbons (Fsp3) is 0.154. The molecule has 1 unspecified atom stereocenters. The molecule has 0 saturated carbocycles. The van der Waals surface area contributed by atoms with Crippen LogP contribution in [0.5, 0.6) is 23.0 Å². The molecule has 1 atom stereocenters. The summed E-state index contributed by atoms with van der Waals surface area (Å²) in [6, 6.07) is 9.58. The van der Waals surface area contributed by atoms with E-state index < -0.39 is 52.7 Å². The lowest BCUT2D eigenvalue weighted by Gasteiger charge is -2.16. The summed E-state index contributed by atoms with van der Waals surface area (Å²) in [5.74, 6) is -14.0. The average Bonchev–Trinajstić information content (AvgIpc) is 3.21. The van der Waals surface area contributed by atoms with E-state index in [1.165, 1.54) is 32.2 Å². The maximum atomic E-state index is 13.9. The minimum absolute atomic E-state index is 0.00547. The lowest BCUT2D eigenvalue weighted by molar-refractivity contribution is -0.141. The van der Waals surface area contributed by atoms with Crippen molar-refractivity contribution in [3.63, 3.8) is 0 Å². The van der Waals surface area contributed by atoms with Crippen LogP contribution in [0.2, 0.25) is 0 Å². The van der Waals surface area contributed by atoms with Crippen molar-refractivity contribution in [3.05, 3.63) is 87.9 Å². The Morgan fingerprint density at radius 2 is 1.54 bits per heavy atom. The van der Waals surface area contributed by atoms with Gasteiger partial charge in [0.25, 0.3) is 0 Å².